The van der Waals surface area contributed by atoms with E-state index in [1.165, 1.54) is 17.4 Å². The minimum atomic E-state index is 0.00419. The molecule has 2 amide bonds. The lowest BCUT2D eigenvalue weighted by molar-refractivity contribution is 0.202. The molecule has 0 atom stereocenters. The number of carbonyl (C=O) groups excluding carboxylic acids is 1. The molecule has 3 rings (SSSR count). The molecule has 0 saturated carbocycles. The Balaban J connectivity index is 1.42. The fourth-order valence-electron chi connectivity index (χ4n) is 2.90. The van der Waals surface area contributed by atoms with E-state index in [1.807, 2.05) is 31.0 Å². The Hall–Kier alpha value is -2.29. The highest BCUT2D eigenvalue weighted by molar-refractivity contribution is 7.99. The van der Waals surface area contributed by atoms with Gasteiger partial charge in [-0.15, -0.1) is 5.10 Å². The van der Waals surface area contributed by atoms with Crippen molar-refractivity contribution < 1.29 is 4.79 Å². The summed E-state index contributed by atoms with van der Waals surface area (Å²) >= 11 is 1.53. The fraction of sp³-hybridized carbons (Fsp3) is 0.529. The van der Waals surface area contributed by atoms with Crippen molar-refractivity contribution in [3.8, 4) is 0 Å². The molecule has 9 heteroatoms. The Morgan fingerprint density at radius 2 is 2.19 bits per heavy atom. The third-order valence-corrected chi connectivity index (χ3v) is 5.06. The van der Waals surface area contributed by atoms with Gasteiger partial charge in [0.15, 0.2) is 0 Å². The number of thioether (sulfide) groups is 1. The largest absolute Gasteiger partial charge is 0.370 e. The van der Waals surface area contributed by atoms with Crippen molar-refractivity contribution in [1.29, 1.82) is 0 Å². The molecule has 1 aliphatic heterocycles. The summed E-state index contributed by atoms with van der Waals surface area (Å²) in [7, 11) is 0. The molecule has 2 N–H and O–H groups in total. The van der Waals surface area contributed by atoms with Crippen LogP contribution in [0.15, 0.2) is 23.5 Å². The van der Waals surface area contributed by atoms with Gasteiger partial charge in [0.1, 0.15) is 5.82 Å². The Kier molecular flexibility index (Phi) is 6.32. The first kappa shape index (κ1) is 18.5. The van der Waals surface area contributed by atoms with E-state index in [1.54, 1.807) is 0 Å². The van der Waals surface area contributed by atoms with E-state index >= 15 is 0 Å². The average Bonchev–Trinajstić information content (AvgIpc) is 2.90. The van der Waals surface area contributed by atoms with Crippen molar-refractivity contribution in [2.45, 2.75) is 25.4 Å². The number of anilines is 1. The van der Waals surface area contributed by atoms with Crippen molar-refractivity contribution in [3.63, 3.8) is 0 Å². The zero-order valence-electron chi connectivity index (χ0n) is 15.2. The number of hydrogen-bond donors (Lipinski definition) is 2. The number of nitrogens with one attached hydrogen (secondary N) is 2. The Bertz CT molecular complexity index is 735. The predicted octanol–water partition coefficient (Wildman–Crippen LogP) is 1.83. The average molecular weight is 376 g/mol. The molecule has 0 spiro atoms. The summed E-state index contributed by atoms with van der Waals surface area (Å²) in [4.78, 5) is 25.1. The van der Waals surface area contributed by atoms with Gasteiger partial charge in [0.25, 0.3) is 0 Å². The second kappa shape index (κ2) is 8.88. The number of aromatic amines is 1. The second-order valence-corrected chi connectivity index (χ2v) is 7.33. The summed E-state index contributed by atoms with van der Waals surface area (Å²) in [5, 5.41) is 10.6. The quantitative estimate of drug-likeness (QED) is 0.612. The van der Waals surface area contributed by atoms with E-state index < -0.39 is 0 Å². The molecule has 0 radical (unpaired) electrons. The number of carbonyl (C=O) groups is 1. The smallest absolute Gasteiger partial charge is 0.317 e. The van der Waals surface area contributed by atoms with Crippen LogP contribution >= 0.6 is 11.8 Å². The molecule has 8 nitrogen and oxygen atoms in total. The SMILES string of the molecule is Cc1cc(N2CCCN(C(=O)NCCSc3n[nH]c(C)n3)CC2)ccn1. The summed E-state index contributed by atoms with van der Waals surface area (Å²) in [6.07, 6.45) is 2.80. The molecule has 0 aromatic carbocycles. The van der Waals surface area contributed by atoms with Gasteiger partial charge < -0.3 is 15.1 Å². The van der Waals surface area contributed by atoms with Crippen LogP contribution in [0.2, 0.25) is 0 Å². The van der Waals surface area contributed by atoms with Gasteiger partial charge in [-0.05, 0) is 32.4 Å². The number of aryl methyl sites for hydroxylation is 2. The van der Waals surface area contributed by atoms with Gasteiger partial charge in [-0.3, -0.25) is 10.1 Å². The molecule has 1 saturated heterocycles. The zero-order chi connectivity index (χ0) is 18.4. The molecule has 1 fully saturated rings. The van der Waals surface area contributed by atoms with Gasteiger partial charge in [-0.25, -0.2) is 9.78 Å². The van der Waals surface area contributed by atoms with E-state index in [0.717, 1.165) is 55.0 Å². The second-order valence-electron chi connectivity index (χ2n) is 6.27. The summed E-state index contributed by atoms with van der Waals surface area (Å²) in [5.74, 6) is 1.55. The van der Waals surface area contributed by atoms with Gasteiger partial charge in [0.2, 0.25) is 5.16 Å². The van der Waals surface area contributed by atoms with Gasteiger partial charge in [0, 0.05) is 56.1 Å². The number of amides is 2. The first-order chi connectivity index (χ1) is 12.6. The number of H-pyrrole nitrogens is 1. The maximum Gasteiger partial charge on any atom is 0.317 e. The first-order valence-electron chi connectivity index (χ1n) is 8.84. The van der Waals surface area contributed by atoms with Crippen LogP contribution in [0.3, 0.4) is 0 Å². The summed E-state index contributed by atoms with van der Waals surface area (Å²) in [6.45, 7) is 7.75. The van der Waals surface area contributed by atoms with Crippen molar-refractivity contribution >= 4 is 23.5 Å². The van der Waals surface area contributed by atoms with E-state index in [2.05, 4.69) is 36.4 Å². The molecule has 3 heterocycles. The fourth-order valence-corrected chi connectivity index (χ4v) is 3.60. The maximum atomic E-state index is 12.4. The zero-order valence-corrected chi connectivity index (χ0v) is 16.1. The Morgan fingerprint density at radius 3 is 2.96 bits per heavy atom. The number of rotatable bonds is 5. The van der Waals surface area contributed by atoms with Crippen molar-refractivity contribution in [2.24, 2.45) is 0 Å². The molecule has 2 aromatic rings. The van der Waals surface area contributed by atoms with E-state index in [4.69, 9.17) is 0 Å². The van der Waals surface area contributed by atoms with Crippen LogP contribution in [0.4, 0.5) is 10.5 Å². The lowest BCUT2D eigenvalue weighted by atomic mass is 10.3. The monoisotopic (exact) mass is 375 g/mol. The van der Waals surface area contributed by atoms with Gasteiger partial charge in [-0.2, -0.15) is 0 Å². The third kappa shape index (κ3) is 5.10. The molecule has 0 unspecified atom stereocenters. The first-order valence-corrected chi connectivity index (χ1v) is 9.82. The molecular formula is C17H25N7OS. The summed E-state index contributed by atoms with van der Waals surface area (Å²) in [6, 6.07) is 4.13. The van der Waals surface area contributed by atoms with Crippen LogP contribution < -0.4 is 10.2 Å². The molecule has 0 aliphatic carbocycles. The van der Waals surface area contributed by atoms with Crippen LogP contribution in [-0.2, 0) is 0 Å². The highest BCUT2D eigenvalue weighted by Crippen LogP contribution is 2.17. The summed E-state index contributed by atoms with van der Waals surface area (Å²) in [5.41, 5.74) is 2.19. The Morgan fingerprint density at radius 1 is 1.31 bits per heavy atom. The number of pyridine rings is 1. The number of urea groups is 1. The van der Waals surface area contributed by atoms with Crippen molar-refractivity contribution in [3.05, 3.63) is 29.8 Å². The molecule has 2 aromatic heterocycles. The molecule has 26 heavy (non-hydrogen) atoms. The van der Waals surface area contributed by atoms with Crippen LogP contribution in [0.1, 0.15) is 17.9 Å². The van der Waals surface area contributed by atoms with E-state index in [9.17, 15) is 4.79 Å². The normalized spacial score (nSPS) is 15.0. The van der Waals surface area contributed by atoms with Crippen LogP contribution in [-0.4, -0.2) is 69.6 Å². The minimum absolute atomic E-state index is 0.00419. The summed E-state index contributed by atoms with van der Waals surface area (Å²) < 4.78 is 0. The van der Waals surface area contributed by atoms with Crippen LogP contribution in [0, 0.1) is 13.8 Å². The predicted molar refractivity (Wildman–Crippen MR) is 103 cm³/mol. The topological polar surface area (TPSA) is 90.0 Å². The minimum Gasteiger partial charge on any atom is -0.370 e. The molecule has 1 aliphatic rings. The number of aromatic nitrogens is 4. The maximum absolute atomic E-state index is 12.4. The standard InChI is InChI=1S/C17H25N7OS/c1-13-12-15(4-5-18-13)23-7-3-8-24(10-9-23)17(25)19-6-11-26-16-20-14(2)21-22-16/h4-5,12H,3,6-11H2,1-2H3,(H,19,25)(H,20,21,22). The lowest BCUT2D eigenvalue weighted by Gasteiger charge is -2.24. The Labute approximate surface area is 157 Å². The van der Waals surface area contributed by atoms with E-state index in [-0.39, 0.29) is 6.03 Å². The highest BCUT2D eigenvalue weighted by Gasteiger charge is 2.19. The molecular weight excluding hydrogens is 350 g/mol. The number of nitrogens with zero attached hydrogens (tertiary/aromatic N) is 5. The van der Waals surface area contributed by atoms with E-state index in [0.29, 0.717) is 6.54 Å². The van der Waals surface area contributed by atoms with Gasteiger partial charge >= 0.3 is 6.03 Å². The van der Waals surface area contributed by atoms with Gasteiger partial charge in [0.05, 0.1) is 0 Å². The lowest BCUT2D eigenvalue weighted by Crippen LogP contribution is -2.42. The number of hydrogen-bond acceptors (Lipinski definition) is 6. The van der Waals surface area contributed by atoms with Crippen LogP contribution in [0.25, 0.3) is 0 Å². The van der Waals surface area contributed by atoms with Crippen molar-refractivity contribution in [2.75, 3.05) is 43.4 Å². The molecule has 0 bridgehead atoms. The highest BCUT2D eigenvalue weighted by atomic mass is 32.2. The van der Waals surface area contributed by atoms with Gasteiger partial charge in [-0.1, -0.05) is 11.8 Å². The molecule has 140 valence electrons. The van der Waals surface area contributed by atoms with Crippen molar-refractivity contribution in [1.82, 2.24) is 30.4 Å². The third-order valence-electron chi connectivity index (χ3n) is 4.21. The van der Waals surface area contributed by atoms with Crippen LogP contribution in [0.5, 0.6) is 0 Å².